The Hall–Kier alpha value is -3.71. The average molecular weight is 508 g/mol. The number of pyridine rings is 1. The normalized spacial score (nSPS) is 14.1. The summed E-state index contributed by atoms with van der Waals surface area (Å²) in [4.78, 5) is 19.1. The minimum Gasteiger partial charge on any atom is -0.325 e. The molecule has 37 heavy (non-hydrogen) atoms. The molecule has 0 bridgehead atoms. The largest absolute Gasteiger partial charge is 0.416 e. The number of nitrogens with one attached hydrogen (secondary N) is 2. The lowest BCUT2D eigenvalue weighted by Gasteiger charge is -2.28. The molecule has 1 fully saturated rings. The maximum Gasteiger partial charge on any atom is 0.416 e. The van der Waals surface area contributed by atoms with Crippen molar-refractivity contribution in [2.45, 2.75) is 26.2 Å². The van der Waals surface area contributed by atoms with Crippen LogP contribution in [0.5, 0.6) is 0 Å². The van der Waals surface area contributed by atoms with Crippen LogP contribution >= 0.6 is 0 Å². The molecule has 0 unspecified atom stereocenters. The average Bonchev–Trinajstić information content (AvgIpc) is 2.89. The van der Waals surface area contributed by atoms with Crippen LogP contribution in [0.15, 0.2) is 54.7 Å². The number of aryl methyl sites for hydroxylation is 1. The van der Waals surface area contributed by atoms with Crippen LogP contribution in [-0.4, -0.2) is 42.0 Å². The molecule has 4 rings (SSSR count). The van der Waals surface area contributed by atoms with Crippen LogP contribution in [-0.2, 0) is 19.3 Å². The standard InChI is InChI=1S/C28H28F3N5O/c1-19-2-5-22(14-21(19)6-3-20-4-8-25(16-32)34-17-20)27(37)35-24-9-7-23(26(15-24)28(29,30)31)18-36-12-10-33-11-13-36/h2,4-5,7-9,14-15,17,33H,10-13,16,18,32H2,1H3,(H,35,37). The zero-order valence-electron chi connectivity index (χ0n) is 20.5. The number of nitrogens with zero attached hydrogens (tertiary/aromatic N) is 2. The number of carbonyl (C=O) groups excluding carboxylic acids is 1. The highest BCUT2D eigenvalue weighted by Gasteiger charge is 2.34. The molecule has 4 N–H and O–H groups in total. The number of aromatic nitrogens is 1. The van der Waals surface area contributed by atoms with Gasteiger partial charge in [0.2, 0.25) is 0 Å². The summed E-state index contributed by atoms with van der Waals surface area (Å²) in [6, 6.07) is 12.6. The lowest BCUT2D eigenvalue weighted by Crippen LogP contribution is -2.43. The second-order valence-corrected chi connectivity index (χ2v) is 8.87. The highest BCUT2D eigenvalue weighted by Crippen LogP contribution is 2.34. The van der Waals surface area contributed by atoms with Crippen molar-refractivity contribution in [1.29, 1.82) is 0 Å². The van der Waals surface area contributed by atoms with E-state index in [-0.39, 0.29) is 17.8 Å². The van der Waals surface area contributed by atoms with Gasteiger partial charge in [-0.05, 0) is 54.4 Å². The SMILES string of the molecule is Cc1ccc(C(=O)Nc2ccc(CN3CCNCC3)c(C(F)(F)F)c2)cc1C#Cc1ccc(CN)nc1. The van der Waals surface area contributed by atoms with E-state index in [0.717, 1.165) is 30.4 Å². The summed E-state index contributed by atoms with van der Waals surface area (Å²) in [5.41, 5.74) is 8.35. The summed E-state index contributed by atoms with van der Waals surface area (Å²) >= 11 is 0. The monoisotopic (exact) mass is 507 g/mol. The van der Waals surface area contributed by atoms with Crippen LogP contribution < -0.4 is 16.4 Å². The molecule has 3 aromatic rings. The first-order valence-electron chi connectivity index (χ1n) is 11.9. The first-order chi connectivity index (χ1) is 17.7. The van der Waals surface area contributed by atoms with E-state index >= 15 is 0 Å². The van der Waals surface area contributed by atoms with Crippen LogP contribution in [0.2, 0.25) is 0 Å². The zero-order chi connectivity index (χ0) is 26.4. The number of amides is 1. The third-order valence-corrected chi connectivity index (χ3v) is 6.15. The molecule has 1 amide bonds. The second kappa shape index (κ2) is 11.6. The van der Waals surface area contributed by atoms with Crippen LogP contribution in [0.25, 0.3) is 0 Å². The van der Waals surface area contributed by atoms with E-state index in [1.165, 1.54) is 12.1 Å². The quantitative estimate of drug-likeness (QED) is 0.456. The summed E-state index contributed by atoms with van der Waals surface area (Å²) in [7, 11) is 0. The number of nitrogens with two attached hydrogens (primary N) is 1. The summed E-state index contributed by atoms with van der Waals surface area (Å²) in [6.07, 6.45) is -2.90. The molecule has 0 aliphatic carbocycles. The predicted octanol–water partition coefficient (Wildman–Crippen LogP) is 3.92. The topological polar surface area (TPSA) is 83.3 Å². The van der Waals surface area contributed by atoms with Crippen molar-refractivity contribution in [3.8, 4) is 11.8 Å². The summed E-state index contributed by atoms with van der Waals surface area (Å²) < 4.78 is 41.5. The molecule has 2 heterocycles. The van der Waals surface area contributed by atoms with Gasteiger partial charge in [-0.3, -0.25) is 14.7 Å². The molecule has 0 atom stereocenters. The summed E-state index contributed by atoms with van der Waals surface area (Å²) in [5.74, 6) is 5.54. The fourth-order valence-electron chi connectivity index (χ4n) is 4.03. The van der Waals surface area contributed by atoms with E-state index in [4.69, 9.17) is 5.73 Å². The summed E-state index contributed by atoms with van der Waals surface area (Å²) in [5, 5.41) is 5.79. The molecular formula is C28H28F3N5O. The van der Waals surface area contributed by atoms with Gasteiger partial charge in [-0.2, -0.15) is 13.2 Å². The molecule has 0 spiro atoms. The van der Waals surface area contributed by atoms with Crippen molar-refractivity contribution in [3.05, 3.63) is 93.8 Å². The molecule has 1 aliphatic rings. The van der Waals surface area contributed by atoms with Gasteiger partial charge in [-0.25, -0.2) is 0 Å². The van der Waals surface area contributed by atoms with Crippen molar-refractivity contribution >= 4 is 11.6 Å². The van der Waals surface area contributed by atoms with Gasteiger partial charge in [-0.15, -0.1) is 0 Å². The molecule has 9 heteroatoms. The number of piperazine rings is 1. The third-order valence-electron chi connectivity index (χ3n) is 6.15. The van der Waals surface area contributed by atoms with E-state index in [9.17, 15) is 18.0 Å². The maximum absolute atomic E-state index is 13.8. The molecule has 1 saturated heterocycles. The van der Waals surface area contributed by atoms with Gasteiger partial charge in [0.25, 0.3) is 5.91 Å². The number of alkyl halides is 3. The molecule has 2 aromatic carbocycles. The Morgan fingerprint density at radius 2 is 1.89 bits per heavy atom. The molecule has 6 nitrogen and oxygen atoms in total. The molecule has 0 saturated carbocycles. The molecule has 1 aliphatic heterocycles. The van der Waals surface area contributed by atoms with Crippen molar-refractivity contribution in [1.82, 2.24) is 15.2 Å². The Morgan fingerprint density at radius 1 is 1.11 bits per heavy atom. The van der Waals surface area contributed by atoms with Crippen molar-refractivity contribution in [2.75, 3.05) is 31.5 Å². The van der Waals surface area contributed by atoms with Crippen molar-refractivity contribution < 1.29 is 18.0 Å². The van der Waals surface area contributed by atoms with Gasteiger partial charge in [0.15, 0.2) is 0 Å². The van der Waals surface area contributed by atoms with Gasteiger partial charge in [0, 0.05) is 67.8 Å². The van der Waals surface area contributed by atoms with Crippen LogP contribution in [0.1, 0.15) is 43.9 Å². The highest BCUT2D eigenvalue weighted by molar-refractivity contribution is 6.04. The van der Waals surface area contributed by atoms with E-state index in [1.54, 1.807) is 30.5 Å². The Labute approximate surface area is 214 Å². The number of carbonyl (C=O) groups is 1. The van der Waals surface area contributed by atoms with Crippen LogP contribution in [0, 0.1) is 18.8 Å². The lowest BCUT2D eigenvalue weighted by molar-refractivity contribution is -0.138. The van der Waals surface area contributed by atoms with Gasteiger partial charge in [0.1, 0.15) is 0 Å². The minimum atomic E-state index is -4.53. The maximum atomic E-state index is 13.8. The Bertz CT molecular complexity index is 1320. The Balaban J connectivity index is 1.52. The first kappa shape index (κ1) is 26.4. The smallest absolute Gasteiger partial charge is 0.325 e. The van der Waals surface area contributed by atoms with Crippen molar-refractivity contribution in [2.24, 2.45) is 5.73 Å². The molecule has 192 valence electrons. The van der Waals surface area contributed by atoms with Crippen molar-refractivity contribution in [3.63, 3.8) is 0 Å². The van der Waals surface area contributed by atoms with Crippen LogP contribution in [0.4, 0.5) is 18.9 Å². The number of rotatable bonds is 5. The number of anilines is 1. The van der Waals surface area contributed by atoms with Gasteiger partial charge < -0.3 is 16.4 Å². The molecule has 0 radical (unpaired) electrons. The van der Waals surface area contributed by atoms with E-state index < -0.39 is 17.6 Å². The number of hydrogen-bond donors (Lipinski definition) is 3. The third kappa shape index (κ3) is 6.95. The molecular weight excluding hydrogens is 479 g/mol. The lowest BCUT2D eigenvalue weighted by atomic mass is 10.0. The number of benzene rings is 2. The predicted molar refractivity (Wildman–Crippen MR) is 137 cm³/mol. The fourth-order valence-corrected chi connectivity index (χ4v) is 4.03. The number of hydrogen-bond acceptors (Lipinski definition) is 5. The molecule has 1 aromatic heterocycles. The first-order valence-corrected chi connectivity index (χ1v) is 11.9. The zero-order valence-corrected chi connectivity index (χ0v) is 20.5. The number of halogens is 3. The van der Waals surface area contributed by atoms with Crippen LogP contribution in [0.3, 0.4) is 0 Å². The second-order valence-electron chi connectivity index (χ2n) is 8.87. The summed E-state index contributed by atoms with van der Waals surface area (Å²) in [6.45, 7) is 5.27. The Morgan fingerprint density at radius 3 is 2.57 bits per heavy atom. The van der Waals surface area contributed by atoms with Gasteiger partial charge in [-0.1, -0.05) is 24.0 Å². The highest BCUT2D eigenvalue weighted by atomic mass is 19.4. The van der Waals surface area contributed by atoms with E-state index in [1.807, 2.05) is 17.9 Å². The van der Waals surface area contributed by atoms with E-state index in [2.05, 4.69) is 27.5 Å². The minimum absolute atomic E-state index is 0.0839. The fraction of sp³-hybridized carbons (Fsp3) is 0.286. The Kier molecular flexibility index (Phi) is 8.24. The van der Waals surface area contributed by atoms with Gasteiger partial charge in [0.05, 0.1) is 11.3 Å². The van der Waals surface area contributed by atoms with E-state index in [0.29, 0.717) is 36.3 Å². The van der Waals surface area contributed by atoms with Gasteiger partial charge >= 0.3 is 6.18 Å².